The molecule has 25 heavy (non-hydrogen) atoms. The van der Waals surface area contributed by atoms with Crippen molar-refractivity contribution in [3.05, 3.63) is 64.7 Å². The van der Waals surface area contributed by atoms with Crippen LogP contribution in [-0.2, 0) is 11.3 Å². The van der Waals surface area contributed by atoms with Crippen molar-refractivity contribution in [2.24, 2.45) is 0 Å². The zero-order valence-corrected chi connectivity index (χ0v) is 15.0. The quantitative estimate of drug-likeness (QED) is 0.825. The molecule has 2 aromatic rings. The number of amides is 2. The number of benzene rings is 2. The fourth-order valence-electron chi connectivity index (χ4n) is 2.39. The van der Waals surface area contributed by atoms with Gasteiger partial charge in [-0.2, -0.15) is 0 Å². The summed E-state index contributed by atoms with van der Waals surface area (Å²) in [5.41, 5.74) is 1.45. The van der Waals surface area contributed by atoms with E-state index in [1.165, 1.54) is 6.92 Å². The maximum absolute atomic E-state index is 12.1. The summed E-state index contributed by atoms with van der Waals surface area (Å²) in [5, 5.41) is 3.39. The van der Waals surface area contributed by atoms with Gasteiger partial charge in [-0.05, 0) is 30.3 Å². The molecular weight excluding hydrogens is 340 g/mol. The van der Waals surface area contributed by atoms with Gasteiger partial charge >= 0.3 is 0 Å². The summed E-state index contributed by atoms with van der Waals surface area (Å²) in [7, 11) is 1.60. The van der Waals surface area contributed by atoms with Gasteiger partial charge in [-0.3, -0.25) is 9.59 Å². The Balaban J connectivity index is 1.92. The van der Waals surface area contributed by atoms with Gasteiger partial charge in [0.2, 0.25) is 5.91 Å². The van der Waals surface area contributed by atoms with Crippen molar-refractivity contribution in [1.82, 2.24) is 10.2 Å². The zero-order chi connectivity index (χ0) is 18.2. The fourth-order valence-corrected chi connectivity index (χ4v) is 2.52. The van der Waals surface area contributed by atoms with Gasteiger partial charge in [0.05, 0.1) is 7.11 Å². The normalized spacial score (nSPS) is 10.2. The second-order valence-corrected chi connectivity index (χ2v) is 5.95. The van der Waals surface area contributed by atoms with Crippen molar-refractivity contribution in [2.75, 3.05) is 20.2 Å². The molecule has 0 saturated heterocycles. The third-order valence-electron chi connectivity index (χ3n) is 3.77. The Hall–Kier alpha value is -2.53. The maximum atomic E-state index is 12.1. The van der Waals surface area contributed by atoms with E-state index >= 15 is 0 Å². The molecule has 2 amide bonds. The van der Waals surface area contributed by atoms with E-state index in [1.807, 2.05) is 24.3 Å². The number of rotatable bonds is 7. The highest BCUT2D eigenvalue weighted by Crippen LogP contribution is 2.19. The highest BCUT2D eigenvalue weighted by Gasteiger charge is 2.13. The van der Waals surface area contributed by atoms with E-state index in [2.05, 4.69) is 5.32 Å². The number of carbonyl (C=O) groups is 2. The van der Waals surface area contributed by atoms with E-state index < -0.39 is 0 Å². The van der Waals surface area contributed by atoms with Crippen LogP contribution in [0.3, 0.4) is 0 Å². The van der Waals surface area contributed by atoms with Gasteiger partial charge in [-0.1, -0.05) is 29.8 Å². The van der Waals surface area contributed by atoms with Gasteiger partial charge in [-0.25, -0.2) is 0 Å². The molecule has 0 aromatic heterocycles. The largest absolute Gasteiger partial charge is 0.496 e. The van der Waals surface area contributed by atoms with E-state index in [1.54, 1.807) is 36.3 Å². The highest BCUT2D eigenvalue weighted by atomic mass is 35.5. The average molecular weight is 361 g/mol. The van der Waals surface area contributed by atoms with Crippen molar-refractivity contribution < 1.29 is 14.3 Å². The third-order valence-corrected chi connectivity index (χ3v) is 4.02. The number of halogens is 1. The van der Waals surface area contributed by atoms with Gasteiger partial charge in [0.1, 0.15) is 5.75 Å². The topological polar surface area (TPSA) is 58.6 Å². The Labute approximate surface area is 152 Å². The average Bonchev–Trinajstić information content (AvgIpc) is 2.61. The van der Waals surface area contributed by atoms with E-state index in [-0.39, 0.29) is 11.8 Å². The van der Waals surface area contributed by atoms with Crippen LogP contribution in [0.5, 0.6) is 5.75 Å². The lowest BCUT2D eigenvalue weighted by molar-refractivity contribution is -0.129. The predicted octanol–water partition coefficient (Wildman–Crippen LogP) is 3.13. The van der Waals surface area contributed by atoms with Crippen molar-refractivity contribution in [3.8, 4) is 5.75 Å². The molecule has 0 spiro atoms. The monoisotopic (exact) mass is 360 g/mol. The first-order valence-electron chi connectivity index (χ1n) is 7.92. The Morgan fingerprint density at radius 1 is 1.12 bits per heavy atom. The van der Waals surface area contributed by atoms with Gasteiger partial charge in [0.15, 0.2) is 0 Å². The lowest BCUT2D eigenvalue weighted by atomic mass is 10.2. The summed E-state index contributed by atoms with van der Waals surface area (Å²) in [6, 6.07) is 14.2. The van der Waals surface area contributed by atoms with E-state index in [4.69, 9.17) is 16.3 Å². The first-order chi connectivity index (χ1) is 12.0. The summed E-state index contributed by atoms with van der Waals surface area (Å²) in [6.45, 7) is 2.70. The second kappa shape index (κ2) is 9.08. The smallest absolute Gasteiger partial charge is 0.251 e. The third kappa shape index (κ3) is 5.50. The molecule has 0 radical (unpaired) electrons. The maximum Gasteiger partial charge on any atom is 0.251 e. The molecule has 0 atom stereocenters. The minimum Gasteiger partial charge on any atom is -0.496 e. The van der Waals surface area contributed by atoms with Crippen LogP contribution < -0.4 is 10.1 Å². The molecule has 132 valence electrons. The number of carbonyl (C=O) groups excluding carboxylic acids is 2. The van der Waals surface area contributed by atoms with E-state index in [0.717, 1.165) is 11.3 Å². The van der Waals surface area contributed by atoms with Crippen LogP contribution >= 0.6 is 11.6 Å². The molecule has 5 nitrogen and oxygen atoms in total. The van der Waals surface area contributed by atoms with Gasteiger partial charge in [0, 0.05) is 42.7 Å². The van der Waals surface area contributed by atoms with Crippen LogP contribution in [-0.4, -0.2) is 36.9 Å². The SMILES string of the molecule is COc1ccccc1CN(CCNC(=O)c1ccc(Cl)cc1)C(C)=O. The minimum absolute atomic E-state index is 0.0633. The molecular formula is C19H21ClN2O3. The summed E-state index contributed by atoms with van der Waals surface area (Å²) < 4.78 is 5.32. The molecule has 0 aliphatic heterocycles. The molecule has 0 saturated carbocycles. The Morgan fingerprint density at radius 3 is 2.44 bits per heavy atom. The molecule has 0 bridgehead atoms. The van der Waals surface area contributed by atoms with Crippen molar-refractivity contribution in [2.45, 2.75) is 13.5 Å². The zero-order valence-electron chi connectivity index (χ0n) is 14.3. The molecule has 0 unspecified atom stereocenters. The van der Waals surface area contributed by atoms with Gasteiger partial charge in [-0.15, -0.1) is 0 Å². The Morgan fingerprint density at radius 2 is 1.80 bits per heavy atom. The number of hydrogen-bond acceptors (Lipinski definition) is 3. The van der Waals surface area contributed by atoms with Gasteiger partial charge in [0.25, 0.3) is 5.91 Å². The van der Waals surface area contributed by atoms with Crippen LogP contribution in [0, 0.1) is 0 Å². The van der Waals surface area contributed by atoms with Crippen LogP contribution in [0.15, 0.2) is 48.5 Å². The first kappa shape index (κ1) is 18.8. The minimum atomic E-state index is -0.197. The molecule has 0 aliphatic carbocycles. The number of nitrogens with one attached hydrogen (secondary N) is 1. The highest BCUT2D eigenvalue weighted by molar-refractivity contribution is 6.30. The fraction of sp³-hybridized carbons (Fsp3) is 0.263. The molecule has 1 N–H and O–H groups in total. The number of hydrogen-bond donors (Lipinski definition) is 1. The molecule has 0 fully saturated rings. The second-order valence-electron chi connectivity index (χ2n) is 5.52. The Bertz CT molecular complexity index is 732. The first-order valence-corrected chi connectivity index (χ1v) is 8.30. The predicted molar refractivity (Wildman–Crippen MR) is 97.9 cm³/mol. The number of methoxy groups -OCH3 is 1. The van der Waals surface area contributed by atoms with Crippen molar-refractivity contribution >= 4 is 23.4 Å². The Kier molecular flexibility index (Phi) is 6.83. The van der Waals surface area contributed by atoms with Crippen molar-refractivity contribution in [1.29, 1.82) is 0 Å². The van der Waals surface area contributed by atoms with Crippen LogP contribution in [0.4, 0.5) is 0 Å². The van der Waals surface area contributed by atoms with Crippen LogP contribution in [0.25, 0.3) is 0 Å². The molecule has 0 aliphatic rings. The van der Waals surface area contributed by atoms with E-state index in [9.17, 15) is 9.59 Å². The molecule has 6 heteroatoms. The van der Waals surface area contributed by atoms with E-state index in [0.29, 0.717) is 30.2 Å². The standard InChI is InChI=1S/C19H21ClN2O3/c1-14(23)22(13-16-5-3-4-6-18(16)25-2)12-11-21-19(24)15-7-9-17(20)10-8-15/h3-10H,11-13H2,1-2H3,(H,21,24). The molecule has 2 aromatic carbocycles. The summed E-state index contributed by atoms with van der Waals surface area (Å²) >= 11 is 5.81. The summed E-state index contributed by atoms with van der Waals surface area (Å²) in [5.74, 6) is 0.475. The summed E-state index contributed by atoms with van der Waals surface area (Å²) in [6.07, 6.45) is 0. The lowest BCUT2D eigenvalue weighted by Gasteiger charge is -2.22. The number of nitrogens with zero attached hydrogens (tertiary/aromatic N) is 1. The lowest BCUT2D eigenvalue weighted by Crippen LogP contribution is -2.37. The van der Waals surface area contributed by atoms with Crippen molar-refractivity contribution in [3.63, 3.8) is 0 Å². The van der Waals surface area contributed by atoms with Crippen LogP contribution in [0.2, 0.25) is 5.02 Å². The van der Waals surface area contributed by atoms with Crippen LogP contribution in [0.1, 0.15) is 22.8 Å². The molecule has 2 rings (SSSR count). The van der Waals surface area contributed by atoms with Gasteiger partial charge < -0.3 is 15.0 Å². The number of para-hydroxylation sites is 1. The number of ether oxygens (including phenoxy) is 1. The summed E-state index contributed by atoms with van der Waals surface area (Å²) in [4.78, 5) is 25.6. The molecule has 0 heterocycles.